The van der Waals surface area contributed by atoms with Gasteiger partial charge >= 0.3 is 0 Å². The molecule has 2 N–H and O–H groups in total. The second kappa shape index (κ2) is 3.42. The lowest BCUT2D eigenvalue weighted by atomic mass is 10.1. The van der Waals surface area contributed by atoms with Gasteiger partial charge in [-0.2, -0.15) is 0 Å². The Morgan fingerprint density at radius 1 is 1.21 bits per heavy atom. The summed E-state index contributed by atoms with van der Waals surface area (Å²) in [7, 11) is 0. The lowest BCUT2D eigenvalue weighted by Gasteiger charge is -2.04. The Morgan fingerprint density at radius 3 is 2.86 bits per heavy atom. The number of ether oxygens (including phenoxy) is 1. The Morgan fingerprint density at radius 2 is 2.07 bits per heavy atom. The molecule has 0 aromatic heterocycles. The van der Waals surface area contributed by atoms with Crippen molar-refractivity contribution in [2.45, 2.75) is 0 Å². The molecule has 0 saturated carbocycles. The molecule has 0 aliphatic heterocycles. The molecule has 0 unspecified atom stereocenters. The predicted octanol–water partition coefficient (Wildman–Crippen LogP) is 2.94. The molecule has 0 aliphatic rings. The zero-order chi connectivity index (χ0) is 9.97. The molecule has 2 heteroatoms. The maximum atomic E-state index is 5.82. The molecule has 2 aromatic rings. The van der Waals surface area contributed by atoms with Crippen molar-refractivity contribution in [3.63, 3.8) is 0 Å². The molecule has 2 nitrogen and oxygen atoms in total. The summed E-state index contributed by atoms with van der Waals surface area (Å²) in [5.41, 5.74) is 6.60. The Kier molecular flexibility index (Phi) is 2.11. The molecule has 14 heavy (non-hydrogen) atoms. The molecule has 0 fully saturated rings. The van der Waals surface area contributed by atoms with Crippen molar-refractivity contribution in [1.29, 1.82) is 0 Å². The molecule has 2 aromatic carbocycles. The number of fused-ring (bicyclic) bond motifs is 1. The van der Waals surface area contributed by atoms with Crippen molar-refractivity contribution in [2.24, 2.45) is 0 Å². The lowest BCUT2D eigenvalue weighted by molar-refractivity contribution is 0.484. The molecule has 70 valence electrons. The first-order valence-corrected chi connectivity index (χ1v) is 4.37. The van der Waals surface area contributed by atoms with Crippen molar-refractivity contribution >= 4 is 16.5 Å². The highest BCUT2D eigenvalue weighted by molar-refractivity contribution is 5.93. The first-order valence-electron chi connectivity index (χ1n) is 4.37. The minimum absolute atomic E-state index is 0.776. The standard InChI is InChI=1S/C12H11NO/c1-2-14-10-6-7-11-9(8-10)4-3-5-12(11)13/h2-8H,1,13H2. The van der Waals surface area contributed by atoms with E-state index < -0.39 is 0 Å². The van der Waals surface area contributed by atoms with Crippen molar-refractivity contribution in [2.75, 3.05) is 5.73 Å². The second-order valence-electron chi connectivity index (χ2n) is 3.01. The zero-order valence-electron chi connectivity index (χ0n) is 7.73. The lowest BCUT2D eigenvalue weighted by Crippen LogP contribution is -1.87. The van der Waals surface area contributed by atoms with Gasteiger partial charge in [-0.25, -0.2) is 0 Å². The summed E-state index contributed by atoms with van der Waals surface area (Å²) >= 11 is 0. The van der Waals surface area contributed by atoms with E-state index in [0.29, 0.717) is 0 Å². The van der Waals surface area contributed by atoms with Crippen molar-refractivity contribution in [1.82, 2.24) is 0 Å². The second-order valence-corrected chi connectivity index (χ2v) is 3.01. The van der Waals surface area contributed by atoms with Gasteiger partial charge in [-0.1, -0.05) is 18.7 Å². The molecule has 0 radical (unpaired) electrons. The van der Waals surface area contributed by atoms with Crippen LogP contribution in [0.4, 0.5) is 5.69 Å². The topological polar surface area (TPSA) is 35.2 Å². The highest BCUT2D eigenvalue weighted by Gasteiger charge is 1.98. The van der Waals surface area contributed by atoms with Crippen LogP contribution in [-0.2, 0) is 0 Å². The molecule has 0 spiro atoms. The van der Waals surface area contributed by atoms with Crippen molar-refractivity contribution in [3.05, 3.63) is 49.2 Å². The van der Waals surface area contributed by atoms with Gasteiger partial charge in [0.2, 0.25) is 0 Å². The number of hydrogen-bond donors (Lipinski definition) is 1. The van der Waals surface area contributed by atoms with E-state index in [1.165, 1.54) is 6.26 Å². The maximum absolute atomic E-state index is 5.82. The summed E-state index contributed by atoms with van der Waals surface area (Å²) < 4.78 is 5.18. The molecule has 0 amide bonds. The van der Waals surface area contributed by atoms with E-state index in [2.05, 4.69) is 6.58 Å². The van der Waals surface area contributed by atoms with Crippen LogP contribution in [-0.4, -0.2) is 0 Å². The van der Waals surface area contributed by atoms with Gasteiger partial charge in [0.25, 0.3) is 0 Å². The van der Waals surface area contributed by atoms with Crippen LogP contribution in [0.2, 0.25) is 0 Å². The van der Waals surface area contributed by atoms with E-state index in [0.717, 1.165) is 22.2 Å². The quantitative estimate of drug-likeness (QED) is 0.576. The number of benzene rings is 2. The van der Waals surface area contributed by atoms with E-state index in [1.807, 2.05) is 36.4 Å². The number of nitrogens with two attached hydrogens (primary N) is 1. The van der Waals surface area contributed by atoms with Crippen LogP contribution in [0.15, 0.2) is 49.2 Å². The van der Waals surface area contributed by atoms with Crippen LogP contribution in [0.25, 0.3) is 10.8 Å². The summed E-state index contributed by atoms with van der Waals surface area (Å²) in [4.78, 5) is 0. The Labute approximate surface area is 82.6 Å². The summed E-state index contributed by atoms with van der Waals surface area (Å²) in [6.45, 7) is 3.51. The van der Waals surface area contributed by atoms with Crippen LogP contribution in [0.3, 0.4) is 0 Å². The van der Waals surface area contributed by atoms with Gasteiger partial charge in [0.15, 0.2) is 0 Å². The van der Waals surface area contributed by atoms with Gasteiger partial charge in [-0.3, -0.25) is 0 Å². The maximum Gasteiger partial charge on any atom is 0.127 e. The Bertz CT molecular complexity index is 477. The minimum Gasteiger partial charge on any atom is -0.466 e. The van der Waals surface area contributed by atoms with E-state index in [1.54, 1.807) is 0 Å². The summed E-state index contributed by atoms with van der Waals surface area (Å²) in [5, 5.41) is 2.12. The van der Waals surface area contributed by atoms with Crippen LogP contribution >= 0.6 is 0 Å². The minimum atomic E-state index is 0.776. The highest BCUT2D eigenvalue weighted by Crippen LogP contribution is 2.25. The van der Waals surface area contributed by atoms with E-state index in [-0.39, 0.29) is 0 Å². The third-order valence-electron chi connectivity index (χ3n) is 2.11. The smallest absolute Gasteiger partial charge is 0.127 e. The summed E-state index contributed by atoms with van der Waals surface area (Å²) in [5.74, 6) is 0.776. The highest BCUT2D eigenvalue weighted by atomic mass is 16.5. The molecule has 0 heterocycles. The van der Waals surface area contributed by atoms with Crippen molar-refractivity contribution in [3.8, 4) is 5.75 Å². The average Bonchev–Trinajstić information content (AvgIpc) is 2.18. The number of rotatable bonds is 2. The monoisotopic (exact) mass is 185 g/mol. The molecule has 0 bridgehead atoms. The first-order chi connectivity index (χ1) is 6.81. The summed E-state index contributed by atoms with van der Waals surface area (Å²) in [6.07, 6.45) is 1.41. The molecule has 0 saturated heterocycles. The average molecular weight is 185 g/mol. The molecule has 2 rings (SSSR count). The van der Waals surface area contributed by atoms with Gasteiger partial charge in [-0.15, -0.1) is 0 Å². The fourth-order valence-corrected chi connectivity index (χ4v) is 1.46. The van der Waals surface area contributed by atoms with E-state index in [4.69, 9.17) is 10.5 Å². The first kappa shape index (κ1) is 8.63. The molecular formula is C12H11NO. The van der Waals surface area contributed by atoms with Crippen LogP contribution < -0.4 is 10.5 Å². The Hall–Kier alpha value is -1.96. The number of hydrogen-bond acceptors (Lipinski definition) is 2. The fraction of sp³-hybridized carbons (Fsp3) is 0. The zero-order valence-corrected chi connectivity index (χ0v) is 7.73. The van der Waals surface area contributed by atoms with Crippen molar-refractivity contribution < 1.29 is 4.74 Å². The third-order valence-corrected chi connectivity index (χ3v) is 2.11. The van der Waals surface area contributed by atoms with Gasteiger partial charge in [-0.05, 0) is 29.7 Å². The van der Waals surface area contributed by atoms with Crippen LogP contribution in [0.1, 0.15) is 0 Å². The number of nitrogen functional groups attached to an aromatic ring is 1. The van der Waals surface area contributed by atoms with E-state index >= 15 is 0 Å². The molecular weight excluding hydrogens is 174 g/mol. The fourth-order valence-electron chi connectivity index (χ4n) is 1.46. The Balaban J connectivity index is 2.61. The van der Waals surface area contributed by atoms with E-state index in [9.17, 15) is 0 Å². The largest absolute Gasteiger partial charge is 0.466 e. The third kappa shape index (κ3) is 1.42. The number of anilines is 1. The predicted molar refractivity (Wildman–Crippen MR) is 59.2 cm³/mol. The SMILES string of the molecule is C=COc1ccc2c(N)cccc2c1. The van der Waals surface area contributed by atoms with Crippen LogP contribution in [0, 0.1) is 0 Å². The van der Waals surface area contributed by atoms with Gasteiger partial charge in [0.05, 0.1) is 6.26 Å². The normalized spacial score (nSPS) is 10.0. The molecule has 0 atom stereocenters. The van der Waals surface area contributed by atoms with Gasteiger partial charge < -0.3 is 10.5 Å². The van der Waals surface area contributed by atoms with Gasteiger partial charge in [0, 0.05) is 11.1 Å². The van der Waals surface area contributed by atoms with Gasteiger partial charge in [0.1, 0.15) is 5.75 Å². The van der Waals surface area contributed by atoms with Crippen LogP contribution in [0.5, 0.6) is 5.75 Å². The summed E-state index contributed by atoms with van der Waals surface area (Å²) in [6, 6.07) is 11.6. The molecule has 0 aliphatic carbocycles.